The van der Waals surface area contributed by atoms with Crippen molar-refractivity contribution in [3.8, 4) is 11.5 Å². The number of aryl methyl sites for hydroxylation is 1. The van der Waals surface area contributed by atoms with E-state index in [1.807, 2.05) is 36.4 Å². The van der Waals surface area contributed by atoms with E-state index in [1.165, 1.54) is 16.3 Å². The average molecular weight is 254 g/mol. The highest BCUT2D eigenvalue weighted by Gasteiger charge is 2.10. The second-order valence-electron chi connectivity index (χ2n) is 4.48. The van der Waals surface area contributed by atoms with Crippen LogP contribution in [0.1, 0.15) is 16.7 Å². The van der Waals surface area contributed by atoms with Crippen LogP contribution in [-0.2, 0) is 0 Å². The first-order valence-electron chi connectivity index (χ1n) is 6.09. The largest absolute Gasteiger partial charge is 0.457 e. The average Bonchev–Trinajstić information content (AvgIpc) is 2.40. The highest BCUT2D eigenvalue weighted by molar-refractivity contribution is 6.35. The lowest BCUT2D eigenvalue weighted by Crippen LogP contribution is -2.13. The van der Waals surface area contributed by atoms with Crippen molar-refractivity contribution in [1.29, 1.82) is 0 Å². The number of hydrogen-bond acceptors (Lipinski definition) is 1. The standard InChI is InChI=1S/C16H18OSi/c1-4-13-10-11(2)15(12(3)16(13)18)17-14-8-6-5-7-9-14/h4-10H,1H2,2-3,18H3. The molecule has 2 rings (SSSR count). The summed E-state index contributed by atoms with van der Waals surface area (Å²) in [6.07, 6.45) is 1.93. The van der Waals surface area contributed by atoms with Gasteiger partial charge in [0.25, 0.3) is 0 Å². The Kier molecular flexibility index (Phi) is 3.68. The van der Waals surface area contributed by atoms with Gasteiger partial charge in [-0.05, 0) is 48.7 Å². The van der Waals surface area contributed by atoms with Crippen molar-refractivity contribution in [1.82, 2.24) is 0 Å². The van der Waals surface area contributed by atoms with E-state index in [4.69, 9.17) is 4.74 Å². The molecule has 0 N–H and O–H groups in total. The molecule has 0 aromatic heterocycles. The molecule has 0 spiro atoms. The highest BCUT2D eigenvalue weighted by atomic mass is 28.1. The molecule has 1 nitrogen and oxygen atoms in total. The van der Waals surface area contributed by atoms with E-state index < -0.39 is 0 Å². The summed E-state index contributed by atoms with van der Waals surface area (Å²) in [5, 5.41) is 1.36. The molecule has 2 heteroatoms. The van der Waals surface area contributed by atoms with Crippen LogP contribution in [0, 0.1) is 13.8 Å². The van der Waals surface area contributed by atoms with E-state index in [0.717, 1.165) is 27.3 Å². The molecule has 0 saturated heterocycles. The maximum absolute atomic E-state index is 6.01. The van der Waals surface area contributed by atoms with E-state index in [-0.39, 0.29) is 0 Å². The molecule has 0 amide bonds. The zero-order chi connectivity index (χ0) is 13.1. The van der Waals surface area contributed by atoms with E-state index in [9.17, 15) is 0 Å². The second-order valence-corrected chi connectivity index (χ2v) is 5.48. The van der Waals surface area contributed by atoms with E-state index >= 15 is 0 Å². The normalized spacial score (nSPS) is 10.3. The lowest BCUT2D eigenvalue weighted by Gasteiger charge is -2.16. The number of ether oxygens (including phenoxy) is 1. The van der Waals surface area contributed by atoms with Crippen LogP contribution in [0.25, 0.3) is 6.08 Å². The first-order valence-corrected chi connectivity index (χ1v) is 7.09. The zero-order valence-corrected chi connectivity index (χ0v) is 13.2. The third-order valence-electron chi connectivity index (χ3n) is 3.25. The molecule has 0 aliphatic carbocycles. The van der Waals surface area contributed by atoms with Crippen molar-refractivity contribution in [3.63, 3.8) is 0 Å². The monoisotopic (exact) mass is 254 g/mol. The summed E-state index contributed by atoms with van der Waals surface area (Å²) in [7, 11) is 1.000. The molecule has 0 aliphatic heterocycles. The van der Waals surface area contributed by atoms with Gasteiger partial charge in [0.2, 0.25) is 0 Å². The fourth-order valence-electron chi connectivity index (χ4n) is 2.07. The SMILES string of the molecule is C=Cc1cc(C)c(Oc2ccccc2)c(C)c1[SiH3]. The van der Waals surface area contributed by atoms with Crippen LogP contribution in [0.4, 0.5) is 0 Å². The number of rotatable bonds is 3. The lowest BCUT2D eigenvalue weighted by molar-refractivity contribution is 0.475. The Bertz CT molecular complexity index is 573. The van der Waals surface area contributed by atoms with Gasteiger partial charge < -0.3 is 4.74 Å². The molecule has 0 aliphatic rings. The van der Waals surface area contributed by atoms with E-state index in [1.54, 1.807) is 0 Å². The Labute approximate surface area is 112 Å². The summed E-state index contributed by atoms with van der Waals surface area (Å²) in [5.74, 6) is 1.87. The van der Waals surface area contributed by atoms with Gasteiger partial charge in [0.15, 0.2) is 0 Å². The summed E-state index contributed by atoms with van der Waals surface area (Å²) in [6.45, 7) is 8.08. The van der Waals surface area contributed by atoms with Crippen LogP contribution < -0.4 is 9.92 Å². The van der Waals surface area contributed by atoms with Gasteiger partial charge in [-0.2, -0.15) is 0 Å². The van der Waals surface area contributed by atoms with Crippen molar-refractivity contribution < 1.29 is 4.74 Å². The Morgan fingerprint density at radius 2 is 1.83 bits per heavy atom. The number of hydrogen-bond donors (Lipinski definition) is 0. The van der Waals surface area contributed by atoms with Gasteiger partial charge in [0.05, 0.1) is 0 Å². The summed E-state index contributed by atoms with van der Waals surface area (Å²) < 4.78 is 6.01. The minimum atomic E-state index is 0.885. The molecule has 2 aromatic carbocycles. The highest BCUT2D eigenvalue weighted by Crippen LogP contribution is 2.28. The molecule has 0 saturated carbocycles. The Balaban J connectivity index is 2.46. The summed E-state index contributed by atoms with van der Waals surface area (Å²) in [4.78, 5) is 0. The smallest absolute Gasteiger partial charge is 0.133 e. The van der Waals surface area contributed by atoms with Crippen LogP contribution in [0.3, 0.4) is 0 Å². The van der Waals surface area contributed by atoms with Crippen molar-refractivity contribution in [2.45, 2.75) is 13.8 Å². The number of benzene rings is 2. The van der Waals surface area contributed by atoms with Crippen molar-refractivity contribution in [2.24, 2.45) is 0 Å². The molecule has 0 fully saturated rings. The maximum Gasteiger partial charge on any atom is 0.133 e. The van der Waals surface area contributed by atoms with Crippen LogP contribution in [0.2, 0.25) is 0 Å². The molecular formula is C16H18OSi. The van der Waals surface area contributed by atoms with Gasteiger partial charge in [-0.3, -0.25) is 0 Å². The third kappa shape index (κ3) is 2.39. The quantitative estimate of drug-likeness (QED) is 0.765. The minimum absolute atomic E-state index is 0.885. The molecule has 0 unspecified atom stereocenters. The van der Waals surface area contributed by atoms with Gasteiger partial charge in [-0.15, -0.1) is 0 Å². The summed E-state index contributed by atoms with van der Waals surface area (Å²) in [6, 6.07) is 12.1. The molecule has 0 bridgehead atoms. The van der Waals surface area contributed by atoms with Gasteiger partial charge in [-0.25, -0.2) is 0 Å². The minimum Gasteiger partial charge on any atom is -0.457 e. The topological polar surface area (TPSA) is 9.23 Å². The second kappa shape index (κ2) is 5.23. The van der Waals surface area contributed by atoms with E-state index in [0.29, 0.717) is 0 Å². The van der Waals surface area contributed by atoms with Crippen molar-refractivity contribution in [2.75, 3.05) is 0 Å². The van der Waals surface area contributed by atoms with Crippen LogP contribution in [0.15, 0.2) is 43.0 Å². The third-order valence-corrected chi connectivity index (χ3v) is 4.58. The van der Waals surface area contributed by atoms with Crippen molar-refractivity contribution in [3.05, 3.63) is 59.7 Å². The molecule has 0 heterocycles. The van der Waals surface area contributed by atoms with Gasteiger partial charge >= 0.3 is 0 Å². The predicted molar refractivity (Wildman–Crippen MR) is 82.1 cm³/mol. The van der Waals surface area contributed by atoms with E-state index in [2.05, 4.69) is 26.5 Å². The Morgan fingerprint density at radius 1 is 1.17 bits per heavy atom. The zero-order valence-electron chi connectivity index (χ0n) is 11.2. The summed E-state index contributed by atoms with van der Waals surface area (Å²) >= 11 is 0. The first-order chi connectivity index (χ1) is 8.63. The van der Waals surface area contributed by atoms with Crippen LogP contribution >= 0.6 is 0 Å². The summed E-state index contributed by atoms with van der Waals surface area (Å²) in [5.41, 5.74) is 3.63. The molecule has 0 atom stereocenters. The van der Waals surface area contributed by atoms with Gasteiger partial charge in [-0.1, -0.05) is 36.0 Å². The predicted octanol–water partition coefficient (Wildman–Crippen LogP) is 2.73. The first kappa shape index (κ1) is 12.6. The molecule has 0 radical (unpaired) electrons. The molecule has 18 heavy (non-hydrogen) atoms. The molecule has 2 aromatic rings. The fraction of sp³-hybridized carbons (Fsp3) is 0.125. The molecular weight excluding hydrogens is 236 g/mol. The van der Waals surface area contributed by atoms with Crippen molar-refractivity contribution >= 4 is 21.5 Å². The fourth-order valence-corrected chi connectivity index (χ4v) is 2.64. The Hall–Kier alpha value is -1.80. The van der Waals surface area contributed by atoms with Gasteiger partial charge in [0, 0.05) is 10.2 Å². The maximum atomic E-state index is 6.01. The Morgan fingerprint density at radius 3 is 2.44 bits per heavy atom. The van der Waals surface area contributed by atoms with Gasteiger partial charge in [0.1, 0.15) is 11.5 Å². The van der Waals surface area contributed by atoms with Crippen LogP contribution in [0.5, 0.6) is 11.5 Å². The lowest BCUT2D eigenvalue weighted by atomic mass is 10.1. The number of para-hydroxylation sites is 1. The molecule has 92 valence electrons. The van der Waals surface area contributed by atoms with Crippen LogP contribution in [-0.4, -0.2) is 10.2 Å².